The van der Waals surface area contributed by atoms with Crippen LogP contribution in [0.2, 0.25) is 0 Å². The Kier molecular flexibility index (Phi) is 4.19. The summed E-state index contributed by atoms with van der Waals surface area (Å²) < 4.78 is 0. The van der Waals surface area contributed by atoms with Crippen molar-refractivity contribution in [1.82, 2.24) is 4.98 Å². The number of thiazole rings is 1. The third kappa shape index (κ3) is 2.70. The summed E-state index contributed by atoms with van der Waals surface area (Å²) in [5.74, 6) is 0.644. The quantitative estimate of drug-likeness (QED) is 0.736. The SMILES string of the molecule is CCC(CCl)(Cc1cncs1)c1ccccc1. The summed E-state index contributed by atoms with van der Waals surface area (Å²) in [5, 5.41) is 0. The van der Waals surface area contributed by atoms with Crippen LogP contribution in [0, 0.1) is 0 Å². The first kappa shape index (κ1) is 12.6. The van der Waals surface area contributed by atoms with Gasteiger partial charge in [0.25, 0.3) is 0 Å². The molecule has 1 atom stereocenters. The predicted molar refractivity (Wildman–Crippen MR) is 74.9 cm³/mol. The molecule has 0 bridgehead atoms. The Bertz CT molecular complexity index is 435. The van der Waals surface area contributed by atoms with Crippen LogP contribution in [0.25, 0.3) is 0 Å². The van der Waals surface area contributed by atoms with E-state index in [9.17, 15) is 0 Å². The highest BCUT2D eigenvalue weighted by atomic mass is 35.5. The number of aromatic nitrogens is 1. The average molecular weight is 266 g/mol. The number of halogens is 1. The molecule has 0 aliphatic rings. The zero-order valence-corrected chi connectivity index (χ0v) is 11.5. The van der Waals surface area contributed by atoms with Crippen LogP contribution in [0.3, 0.4) is 0 Å². The third-order valence-electron chi connectivity index (χ3n) is 3.31. The first-order valence-electron chi connectivity index (χ1n) is 5.79. The molecular weight excluding hydrogens is 250 g/mol. The molecule has 0 amide bonds. The molecule has 1 nitrogen and oxygen atoms in total. The van der Waals surface area contributed by atoms with Gasteiger partial charge in [0.2, 0.25) is 0 Å². The molecule has 2 aromatic rings. The zero-order chi connectivity index (χ0) is 12.1. The lowest BCUT2D eigenvalue weighted by Crippen LogP contribution is -2.30. The lowest BCUT2D eigenvalue weighted by atomic mass is 9.77. The van der Waals surface area contributed by atoms with Gasteiger partial charge in [-0.1, -0.05) is 37.3 Å². The van der Waals surface area contributed by atoms with Crippen molar-refractivity contribution < 1.29 is 0 Å². The summed E-state index contributed by atoms with van der Waals surface area (Å²) in [6.07, 6.45) is 3.96. The first-order chi connectivity index (χ1) is 8.30. The fourth-order valence-corrected chi connectivity index (χ4v) is 3.28. The van der Waals surface area contributed by atoms with Crippen molar-refractivity contribution in [3.05, 3.63) is 52.5 Å². The van der Waals surface area contributed by atoms with Gasteiger partial charge in [0.15, 0.2) is 0 Å². The Morgan fingerprint density at radius 1 is 1.29 bits per heavy atom. The van der Waals surface area contributed by atoms with Gasteiger partial charge in [0.1, 0.15) is 0 Å². The highest BCUT2D eigenvalue weighted by Crippen LogP contribution is 2.34. The topological polar surface area (TPSA) is 12.9 Å². The number of alkyl halides is 1. The number of rotatable bonds is 5. The van der Waals surface area contributed by atoms with Crippen molar-refractivity contribution in [3.63, 3.8) is 0 Å². The van der Waals surface area contributed by atoms with E-state index in [0.29, 0.717) is 5.88 Å². The van der Waals surface area contributed by atoms with Gasteiger partial charge in [-0.15, -0.1) is 22.9 Å². The monoisotopic (exact) mass is 265 g/mol. The van der Waals surface area contributed by atoms with E-state index < -0.39 is 0 Å². The molecule has 0 aliphatic heterocycles. The normalized spacial score (nSPS) is 14.5. The zero-order valence-electron chi connectivity index (χ0n) is 9.90. The second-order valence-corrected chi connectivity index (χ2v) is 5.52. The molecule has 0 fully saturated rings. The number of hydrogen-bond acceptors (Lipinski definition) is 2. The molecule has 0 spiro atoms. The minimum absolute atomic E-state index is 0.0371. The minimum atomic E-state index is 0.0371. The van der Waals surface area contributed by atoms with Gasteiger partial charge < -0.3 is 0 Å². The molecule has 1 aromatic carbocycles. The standard InChI is InChI=1S/C14H16ClNS/c1-2-14(10-15,8-13-9-16-11-17-13)12-6-4-3-5-7-12/h3-7,9,11H,2,8,10H2,1H3. The highest BCUT2D eigenvalue weighted by Gasteiger charge is 2.30. The fraction of sp³-hybridized carbons (Fsp3) is 0.357. The Labute approximate surface area is 111 Å². The number of hydrogen-bond donors (Lipinski definition) is 0. The van der Waals surface area contributed by atoms with Gasteiger partial charge >= 0.3 is 0 Å². The maximum absolute atomic E-state index is 6.26. The lowest BCUT2D eigenvalue weighted by Gasteiger charge is -2.30. The molecular formula is C14H16ClNS. The van der Waals surface area contributed by atoms with Crippen molar-refractivity contribution in [3.8, 4) is 0 Å². The average Bonchev–Trinajstić information content (AvgIpc) is 2.90. The van der Waals surface area contributed by atoms with Crippen molar-refractivity contribution in [2.24, 2.45) is 0 Å². The van der Waals surface area contributed by atoms with Crippen LogP contribution in [0.5, 0.6) is 0 Å². The van der Waals surface area contributed by atoms with Crippen molar-refractivity contribution in [1.29, 1.82) is 0 Å². The van der Waals surface area contributed by atoms with E-state index >= 15 is 0 Å². The van der Waals surface area contributed by atoms with Crippen LogP contribution in [-0.4, -0.2) is 10.9 Å². The van der Waals surface area contributed by atoms with Crippen molar-refractivity contribution in [2.45, 2.75) is 25.2 Å². The molecule has 1 heterocycles. The fourth-order valence-electron chi connectivity index (χ4n) is 2.10. The van der Waals surface area contributed by atoms with E-state index in [-0.39, 0.29) is 5.41 Å². The molecule has 2 rings (SSSR count). The minimum Gasteiger partial charge on any atom is -0.253 e. The molecule has 17 heavy (non-hydrogen) atoms. The van der Waals surface area contributed by atoms with Crippen LogP contribution in [0.1, 0.15) is 23.8 Å². The molecule has 0 saturated carbocycles. The van der Waals surface area contributed by atoms with Crippen LogP contribution >= 0.6 is 22.9 Å². The molecule has 1 aromatic heterocycles. The van der Waals surface area contributed by atoms with Crippen molar-refractivity contribution >= 4 is 22.9 Å². The van der Waals surface area contributed by atoms with Gasteiger partial charge in [0, 0.05) is 22.4 Å². The molecule has 1 unspecified atom stereocenters. The molecule has 0 radical (unpaired) electrons. The molecule has 0 N–H and O–H groups in total. The van der Waals surface area contributed by atoms with E-state index in [1.807, 2.05) is 17.8 Å². The van der Waals surface area contributed by atoms with E-state index in [0.717, 1.165) is 12.8 Å². The van der Waals surface area contributed by atoms with Gasteiger partial charge in [-0.25, -0.2) is 0 Å². The smallest absolute Gasteiger partial charge is 0.0794 e. The van der Waals surface area contributed by atoms with Gasteiger partial charge in [-0.05, 0) is 18.4 Å². The summed E-state index contributed by atoms with van der Waals surface area (Å²) in [6.45, 7) is 2.20. The first-order valence-corrected chi connectivity index (χ1v) is 7.21. The summed E-state index contributed by atoms with van der Waals surface area (Å²) in [6, 6.07) is 10.6. The van der Waals surface area contributed by atoms with E-state index in [1.165, 1.54) is 10.4 Å². The van der Waals surface area contributed by atoms with Crippen LogP contribution in [0.15, 0.2) is 42.0 Å². The maximum Gasteiger partial charge on any atom is 0.0794 e. The van der Waals surface area contributed by atoms with E-state index in [4.69, 9.17) is 11.6 Å². The van der Waals surface area contributed by atoms with E-state index in [1.54, 1.807) is 11.3 Å². The summed E-state index contributed by atoms with van der Waals surface area (Å²) in [7, 11) is 0. The van der Waals surface area contributed by atoms with Gasteiger partial charge in [-0.3, -0.25) is 4.98 Å². The molecule has 90 valence electrons. The maximum atomic E-state index is 6.26. The summed E-state index contributed by atoms with van der Waals surface area (Å²) in [4.78, 5) is 5.45. The Hall–Kier alpha value is -0.860. The molecule has 0 saturated heterocycles. The largest absolute Gasteiger partial charge is 0.253 e. The summed E-state index contributed by atoms with van der Waals surface area (Å²) in [5.41, 5.74) is 3.25. The third-order valence-corrected chi connectivity index (χ3v) is 4.61. The summed E-state index contributed by atoms with van der Waals surface area (Å²) >= 11 is 7.97. The van der Waals surface area contributed by atoms with Crippen LogP contribution < -0.4 is 0 Å². The van der Waals surface area contributed by atoms with Crippen molar-refractivity contribution in [2.75, 3.05) is 5.88 Å². The second kappa shape index (κ2) is 5.65. The number of nitrogens with zero attached hydrogens (tertiary/aromatic N) is 1. The van der Waals surface area contributed by atoms with Gasteiger partial charge in [0.05, 0.1) is 5.51 Å². The Balaban J connectivity index is 2.32. The lowest BCUT2D eigenvalue weighted by molar-refractivity contribution is 0.461. The predicted octanol–water partition coefficient (Wildman–Crippen LogP) is 4.27. The molecule has 3 heteroatoms. The second-order valence-electron chi connectivity index (χ2n) is 4.28. The van der Waals surface area contributed by atoms with Gasteiger partial charge in [-0.2, -0.15) is 0 Å². The van der Waals surface area contributed by atoms with Crippen LogP contribution in [-0.2, 0) is 11.8 Å². The molecule has 0 aliphatic carbocycles. The number of benzene rings is 1. The Morgan fingerprint density at radius 2 is 2.06 bits per heavy atom. The van der Waals surface area contributed by atoms with Crippen LogP contribution in [0.4, 0.5) is 0 Å². The highest BCUT2D eigenvalue weighted by molar-refractivity contribution is 7.09. The Morgan fingerprint density at radius 3 is 2.59 bits per heavy atom. The van der Waals surface area contributed by atoms with E-state index in [2.05, 4.69) is 36.2 Å².